The van der Waals surface area contributed by atoms with Crippen LogP contribution in [0.1, 0.15) is 23.2 Å². The van der Waals surface area contributed by atoms with Crippen LogP contribution in [0.4, 0.5) is 5.69 Å². The van der Waals surface area contributed by atoms with Gasteiger partial charge in [0.25, 0.3) is 5.91 Å². The van der Waals surface area contributed by atoms with Gasteiger partial charge in [0.15, 0.2) is 0 Å². The summed E-state index contributed by atoms with van der Waals surface area (Å²) in [5.41, 5.74) is 0.965. The smallest absolute Gasteiger partial charge is 0.255 e. The van der Waals surface area contributed by atoms with Crippen LogP contribution in [-0.4, -0.2) is 33.6 Å². The van der Waals surface area contributed by atoms with E-state index in [0.29, 0.717) is 22.9 Å². The molecule has 1 saturated heterocycles. The third kappa shape index (κ3) is 4.82. The summed E-state index contributed by atoms with van der Waals surface area (Å²) in [5.74, 6) is -0.297. The van der Waals surface area contributed by atoms with Gasteiger partial charge in [-0.2, -0.15) is 0 Å². The number of anilines is 1. The molecule has 0 radical (unpaired) electrons. The summed E-state index contributed by atoms with van der Waals surface area (Å²) in [5, 5.41) is 3.26. The van der Waals surface area contributed by atoms with E-state index in [9.17, 15) is 13.2 Å². The summed E-state index contributed by atoms with van der Waals surface area (Å²) in [6, 6.07) is 12.5. The first-order valence-electron chi connectivity index (χ1n) is 8.22. The third-order valence-electron chi connectivity index (χ3n) is 4.05. The minimum Gasteiger partial charge on any atom is -0.377 e. The van der Waals surface area contributed by atoms with E-state index < -0.39 is 10.0 Å². The number of hydrogen-bond acceptors (Lipinski definition) is 4. The number of rotatable bonds is 6. The highest BCUT2D eigenvalue weighted by molar-refractivity contribution is 7.89. The van der Waals surface area contributed by atoms with Gasteiger partial charge in [0, 0.05) is 29.4 Å². The fourth-order valence-corrected chi connectivity index (χ4v) is 3.81. The normalized spacial score (nSPS) is 17.2. The minimum absolute atomic E-state index is 0.0669. The molecule has 0 unspecified atom stereocenters. The lowest BCUT2D eigenvalue weighted by atomic mass is 10.2. The standard InChI is InChI=1S/C18H19ClN2O4S/c19-14-5-3-13(4-6-14)18(22)21-15-7-9-17(10-8-15)26(23,24)20-12-16-2-1-11-25-16/h3-10,16,20H,1-2,11-12H2,(H,21,22)/t16-/m0/s1. The first-order valence-corrected chi connectivity index (χ1v) is 10.1. The van der Waals surface area contributed by atoms with Crippen LogP contribution in [0.25, 0.3) is 0 Å². The molecule has 1 amide bonds. The van der Waals surface area contributed by atoms with E-state index in [0.717, 1.165) is 12.8 Å². The summed E-state index contributed by atoms with van der Waals surface area (Å²) >= 11 is 5.80. The number of sulfonamides is 1. The van der Waals surface area contributed by atoms with Crippen LogP contribution >= 0.6 is 11.6 Å². The molecule has 0 aliphatic carbocycles. The zero-order valence-electron chi connectivity index (χ0n) is 13.9. The SMILES string of the molecule is O=C(Nc1ccc(S(=O)(=O)NC[C@@H]2CCCO2)cc1)c1ccc(Cl)cc1. The largest absolute Gasteiger partial charge is 0.377 e. The number of nitrogens with one attached hydrogen (secondary N) is 2. The van der Waals surface area contributed by atoms with Crippen LogP contribution in [0.5, 0.6) is 0 Å². The zero-order valence-corrected chi connectivity index (χ0v) is 15.5. The molecule has 1 heterocycles. The van der Waals surface area contributed by atoms with Crippen molar-refractivity contribution in [3.63, 3.8) is 0 Å². The average molecular weight is 395 g/mol. The quantitative estimate of drug-likeness (QED) is 0.788. The Morgan fingerprint density at radius 3 is 2.42 bits per heavy atom. The molecule has 26 heavy (non-hydrogen) atoms. The predicted molar refractivity (Wildman–Crippen MR) is 100 cm³/mol. The van der Waals surface area contributed by atoms with Gasteiger partial charge in [0.1, 0.15) is 0 Å². The van der Waals surface area contributed by atoms with Gasteiger partial charge < -0.3 is 10.1 Å². The zero-order chi connectivity index (χ0) is 18.6. The van der Waals surface area contributed by atoms with Gasteiger partial charge >= 0.3 is 0 Å². The van der Waals surface area contributed by atoms with E-state index in [4.69, 9.17) is 16.3 Å². The fourth-order valence-electron chi connectivity index (χ4n) is 2.61. The summed E-state index contributed by atoms with van der Waals surface area (Å²) in [6.45, 7) is 0.936. The van der Waals surface area contributed by atoms with Crippen LogP contribution in [0.2, 0.25) is 5.02 Å². The van der Waals surface area contributed by atoms with E-state index >= 15 is 0 Å². The number of carbonyl (C=O) groups excluding carboxylic acids is 1. The molecule has 0 saturated carbocycles. The summed E-state index contributed by atoms with van der Waals surface area (Å²) in [6.07, 6.45) is 1.75. The second-order valence-electron chi connectivity index (χ2n) is 5.97. The van der Waals surface area contributed by atoms with Gasteiger partial charge in [-0.05, 0) is 61.4 Å². The van der Waals surface area contributed by atoms with Crippen molar-refractivity contribution in [3.05, 3.63) is 59.1 Å². The molecule has 3 rings (SSSR count). The molecule has 0 bridgehead atoms. The van der Waals surface area contributed by atoms with Crippen LogP contribution in [0, 0.1) is 0 Å². The van der Waals surface area contributed by atoms with Crippen molar-refractivity contribution in [2.75, 3.05) is 18.5 Å². The first kappa shape index (κ1) is 18.8. The molecule has 2 N–H and O–H groups in total. The van der Waals surface area contributed by atoms with Crippen molar-refractivity contribution >= 4 is 33.2 Å². The predicted octanol–water partition coefficient (Wildman–Crippen LogP) is 3.05. The lowest BCUT2D eigenvalue weighted by Crippen LogP contribution is -2.31. The van der Waals surface area contributed by atoms with E-state index in [1.807, 2.05) is 0 Å². The van der Waals surface area contributed by atoms with Gasteiger partial charge in [-0.1, -0.05) is 11.6 Å². The number of ether oxygens (including phenoxy) is 1. The Morgan fingerprint density at radius 2 is 1.81 bits per heavy atom. The van der Waals surface area contributed by atoms with Crippen molar-refractivity contribution in [2.24, 2.45) is 0 Å². The molecule has 1 aliphatic rings. The maximum Gasteiger partial charge on any atom is 0.255 e. The molecule has 6 nitrogen and oxygen atoms in total. The molecule has 138 valence electrons. The highest BCUT2D eigenvalue weighted by Gasteiger charge is 2.20. The highest BCUT2D eigenvalue weighted by Crippen LogP contribution is 2.17. The Morgan fingerprint density at radius 1 is 1.12 bits per heavy atom. The molecule has 1 aliphatic heterocycles. The van der Waals surface area contributed by atoms with Gasteiger partial charge in [-0.25, -0.2) is 13.1 Å². The minimum atomic E-state index is -3.61. The maximum atomic E-state index is 12.3. The van der Waals surface area contributed by atoms with Gasteiger partial charge in [-0.15, -0.1) is 0 Å². The Kier molecular flexibility index (Phi) is 5.93. The van der Waals surface area contributed by atoms with Gasteiger partial charge in [-0.3, -0.25) is 4.79 Å². The molecule has 1 fully saturated rings. The molecule has 0 aromatic heterocycles. The Labute approximate surface area is 157 Å². The summed E-state index contributed by atoms with van der Waals surface area (Å²) in [7, 11) is -3.61. The number of carbonyl (C=O) groups is 1. The van der Waals surface area contributed by atoms with Gasteiger partial charge in [0.2, 0.25) is 10.0 Å². The maximum absolute atomic E-state index is 12.3. The van der Waals surface area contributed by atoms with E-state index in [-0.39, 0.29) is 23.5 Å². The van der Waals surface area contributed by atoms with E-state index in [2.05, 4.69) is 10.0 Å². The van der Waals surface area contributed by atoms with Crippen LogP contribution in [0.15, 0.2) is 53.4 Å². The number of hydrogen-bond donors (Lipinski definition) is 2. The molecule has 2 aromatic carbocycles. The summed E-state index contributed by atoms with van der Waals surface area (Å²) in [4.78, 5) is 12.3. The second kappa shape index (κ2) is 8.18. The summed E-state index contributed by atoms with van der Waals surface area (Å²) < 4.78 is 32.6. The van der Waals surface area contributed by atoms with Gasteiger partial charge in [0.05, 0.1) is 11.0 Å². The number of amides is 1. The van der Waals surface area contributed by atoms with Crippen molar-refractivity contribution < 1.29 is 17.9 Å². The molecule has 2 aromatic rings. The van der Waals surface area contributed by atoms with Crippen LogP contribution in [0.3, 0.4) is 0 Å². The molecule has 0 spiro atoms. The molecular weight excluding hydrogens is 376 g/mol. The van der Waals surface area contributed by atoms with Crippen molar-refractivity contribution in [2.45, 2.75) is 23.8 Å². The van der Waals surface area contributed by atoms with Crippen molar-refractivity contribution in [1.29, 1.82) is 0 Å². The second-order valence-corrected chi connectivity index (χ2v) is 8.18. The van der Waals surface area contributed by atoms with E-state index in [1.54, 1.807) is 36.4 Å². The lowest BCUT2D eigenvalue weighted by molar-refractivity contribution is 0.102. The lowest BCUT2D eigenvalue weighted by Gasteiger charge is -2.12. The van der Waals surface area contributed by atoms with Crippen LogP contribution in [-0.2, 0) is 14.8 Å². The highest BCUT2D eigenvalue weighted by atomic mass is 35.5. The Bertz CT molecular complexity index is 861. The number of halogens is 1. The Hall–Kier alpha value is -1.93. The van der Waals surface area contributed by atoms with Crippen molar-refractivity contribution in [3.8, 4) is 0 Å². The number of benzene rings is 2. The monoisotopic (exact) mass is 394 g/mol. The topological polar surface area (TPSA) is 84.5 Å². The third-order valence-corrected chi connectivity index (χ3v) is 5.75. The van der Waals surface area contributed by atoms with Crippen molar-refractivity contribution in [1.82, 2.24) is 4.72 Å². The molecule has 1 atom stereocenters. The molecule has 8 heteroatoms. The molecular formula is C18H19ClN2O4S. The van der Waals surface area contributed by atoms with Crippen LogP contribution < -0.4 is 10.0 Å². The average Bonchev–Trinajstić information content (AvgIpc) is 3.15. The fraction of sp³-hybridized carbons (Fsp3) is 0.278. The first-order chi connectivity index (χ1) is 12.4. The Balaban J connectivity index is 1.61. The van der Waals surface area contributed by atoms with E-state index in [1.165, 1.54) is 12.1 Å².